The van der Waals surface area contributed by atoms with Crippen molar-refractivity contribution in [3.63, 3.8) is 0 Å². The third kappa shape index (κ3) is 3.18. The van der Waals surface area contributed by atoms with E-state index in [9.17, 15) is 9.90 Å². The van der Waals surface area contributed by atoms with E-state index in [-0.39, 0.29) is 17.1 Å². The van der Waals surface area contributed by atoms with Gasteiger partial charge in [0.1, 0.15) is 0 Å². The molecule has 29 heavy (non-hydrogen) atoms. The quantitative estimate of drug-likeness (QED) is 0.535. The lowest BCUT2D eigenvalue weighted by Crippen LogP contribution is -2.48. The van der Waals surface area contributed by atoms with E-state index in [0.717, 1.165) is 23.4 Å². The predicted octanol–water partition coefficient (Wildman–Crippen LogP) is 3.36. The molecule has 0 unspecified atom stereocenters. The number of benzene rings is 1. The molecule has 3 N–H and O–H groups in total. The SMILES string of the molecule is COc1cccc(/C=N\NC(=O)c2cc(C34CC5CC(CC(C5)C3)C4)[nH]n2)c1O. The largest absolute Gasteiger partial charge is 0.504 e. The van der Waals surface area contributed by atoms with Crippen LogP contribution >= 0.6 is 0 Å². The molecular weight excluding hydrogens is 368 g/mol. The van der Waals surface area contributed by atoms with Crippen LogP contribution in [0.25, 0.3) is 0 Å². The maximum Gasteiger partial charge on any atom is 0.291 e. The van der Waals surface area contributed by atoms with Crippen molar-refractivity contribution < 1.29 is 14.6 Å². The van der Waals surface area contributed by atoms with Crippen LogP contribution in [0, 0.1) is 17.8 Å². The summed E-state index contributed by atoms with van der Waals surface area (Å²) in [5, 5.41) is 21.5. The first-order valence-corrected chi connectivity index (χ1v) is 10.3. The van der Waals surface area contributed by atoms with Gasteiger partial charge >= 0.3 is 0 Å². The first kappa shape index (κ1) is 18.2. The molecule has 0 radical (unpaired) electrons. The van der Waals surface area contributed by atoms with Crippen LogP contribution in [0.5, 0.6) is 11.5 Å². The average Bonchev–Trinajstić information content (AvgIpc) is 3.19. The minimum absolute atomic E-state index is 0.0168. The Hall–Kier alpha value is -2.83. The number of hydrogen-bond acceptors (Lipinski definition) is 5. The zero-order valence-corrected chi connectivity index (χ0v) is 16.5. The van der Waals surface area contributed by atoms with Crippen molar-refractivity contribution in [2.75, 3.05) is 7.11 Å². The number of hydrogen-bond donors (Lipinski definition) is 3. The number of carbonyl (C=O) groups is 1. The number of aromatic amines is 1. The molecule has 1 heterocycles. The number of aromatic hydroxyl groups is 1. The van der Waals surface area contributed by atoms with E-state index < -0.39 is 0 Å². The van der Waals surface area contributed by atoms with Crippen molar-refractivity contribution in [3.8, 4) is 11.5 Å². The molecule has 0 saturated heterocycles. The van der Waals surface area contributed by atoms with E-state index in [1.165, 1.54) is 51.8 Å². The van der Waals surface area contributed by atoms with Crippen LogP contribution in [0.2, 0.25) is 0 Å². The van der Waals surface area contributed by atoms with Gasteiger partial charge in [0.05, 0.1) is 13.3 Å². The summed E-state index contributed by atoms with van der Waals surface area (Å²) in [5.74, 6) is 2.48. The molecule has 7 nitrogen and oxygen atoms in total. The Labute approximate surface area is 169 Å². The average molecular weight is 394 g/mol. The molecule has 4 saturated carbocycles. The van der Waals surface area contributed by atoms with Crippen molar-refractivity contribution in [3.05, 3.63) is 41.2 Å². The molecule has 1 aromatic heterocycles. The van der Waals surface area contributed by atoms with Gasteiger partial charge in [-0.15, -0.1) is 0 Å². The Kier molecular flexibility index (Phi) is 4.33. The van der Waals surface area contributed by atoms with Gasteiger partial charge < -0.3 is 9.84 Å². The minimum Gasteiger partial charge on any atom is -0.504 e. The second kappa shape index (κ2) is 6.90. The van der Waals surface area contributed by atoms with Crippen molar-refractivity contribution >= 4 is 12.1 Å². The van der Waals surface area contributed by atoms with Gasteiger partial charge in [0.25, 0.3) is 5.91 Å². The van der Waals surface area contributed by atoms with Crippen LogP contribution in [0.4, 0.5) is 0 Å². The highest BCUT2D eigenvalue weighted by Crippen LogP contribution is 2.60. The van der Waals surface area contributed by atoms with Crippen molar-refractivity contribution in [2.45, 2.75) is 43.9 Å². The molecule has 4 bridgehead atoms. The van der Waals surface area contributed by atoms with Crippen LogP contribution in [0.1, 0.15) is 60.3 Å². The van der Waals surface area contributed by atoms with Gasteiger partial charge in [0.2, 0.25) is 0 Å². The smallest absolute Gasteiger partial charge is 0.291 e. The Morgan fingerprint density at radius 1 is 1.28 bits per heavy atom. The fourth-order valence-corrected chi connectivity index (χ4v) is 6.18. The number of para-hydroxylation sites is 1. The molecule has 4 aliphatic carbocycles. The highest BCUT2D eigenvalue weighted by Gasteiger charge is 2.52. The maximum atomic E-state index is 12.5. The molecule has 1 amide bonds. The molecule has 4 fully saturated rings. The number of nitrogens with one attached hydrogen (secondary N) is 2. The van der Waals surface area contributed by atoms with E-state index >= 15 is 0 Å². The third-order valence-corrected chi connectivity index (χ3v) is 7.04. The lowest BCUT2D eigenvalue weighted by Gasteiger charge is -2.56. The number of hydrazone groups is 1. The Bertz CT molecular complexity index is 929. The number of H-pyrrole nitrogens is 1. The summed E-state index contributed by atoms with van der Waals surface area (Å²) in [4.78, 5) is 12.5. The summed E-state index contributed by atoms with van der Waals surface area (Å²) in [6.45, 7) is 0. The summed E-state index contributed by atoms with van der Waals surface area (Å²) in [6.07, 6.45) is 9.19. The van der Waals surface area contributed by atoms with Crippen LogP contribution in [-0.4, -0.2) is 34.5 Å². The van der Waals surface area contributed by atoms with Gasteiger partial charge in [-0.2, -0.15) is 10.2 Å². The monoisotopic (exact) mass is 394 g/mol. The minimum atomic E-state index is -0.365. The number of carbonyl (C=O) groups excluding carboxylic acids is 1. The van der Waals surface area contributed by atoms with Crippen LogP contribution in [0.3, 0.4) is 0 Å². The van der Waals surface area contributed by atoms with Crippen LogP contribution in [-0.2, 0) is 5.41 Å². The molecule has 1 aromatic carbocycles. The van der Waals surface area contributed by atoms with Crippen LogP contribution < -0.4 is 10.2 Å². The zero-order chi connectivity index (χ0) is 20.0. The van der Waals surface area contributed by atoms with Crippen LogP contribution in [0.15, 0.2) is 29.4 Å². The number of ether oxygens (including phenoxy) is 1. The second-order valence-electron chi connectivity index (χ2n) is 8.96. The number of phenolic OH excluding ortho intramolecular Hbond substituents is 1. The molecular formula is C22H26N4O3. The number of methoxy groups -OCH3 is 1. The van der Waals surface area contributed by atoms with Gasteiger partial charge in [0, 0.05) is 16.7 Å². The molecule has 4 aliphatic rings. The number of amides is 1. The van der Waals surface area contributed by atoms with Crippen molar-refractivity contribution in [1.29, 1.82) is 0 Å². The maximum absolute atomic E-state index is 12.5. The van der Waals surface area contributed by atoms with E-state index in [2.05, 4.69) is 20.7 Å². The third-order valence-electron chi connectivity index (χ3n) is 7.04. The highest BCUT2D eigenvalue weighted by molar-refractivity contribution is 5.93. The van der Waals surface area contributed by atoms with E-state index in [0.29, 0.717) is 17.0 Å². The van der Waals surface area contributed by atoms with Gasteiger partial charge in [-0.05, 0) is 74.5 Å². The van der Waals surface area contributed by atoms with Gasteiger partial charge in [-0.25, -0.2) is 5.43 Å². The number of phenols is 1. The topological polar surface area (TPSA) is 99.6 Å². The summed E-state index contributed by atoms with van der Waals surface area (Å²) in [5.41, 5.74) is 4.59. The highest BCUT2D eigenvalue weighted by atomic mass is 16.5. The van der Waals surface area contributed by atoms with Crippen molar-refractivity contribution in [1.82, 2.24) is 15.6 Å². The Balaban J connectivity index is 1.28. The van der Waals surface area contributed by atoms with E-state index in [4.69, 9.17) is 4.74 Å². The molecule has 0 atom stereocenters. The molecule has 6 rings (SSSR count). The zero-order valence-electron chi connectivity index (χ0n) is 16.5. The van der Waals surface area contributed by atoms with Crippen molar-refractivity contribution in [2.24, 2.45) is 22.9 Å². The normalized spacial score (nSPS) is 30.0. The summed E-state index contributed by atoms with van der Waals surface area (Å²) in [7, 11) is 1.48. The Morgan fingerprint density at radius 3 is 2.62 bits per heavy atom. The number of rotatable bonds is 5. The summed E-state index contributed by atoms with van der Waals surface area (Å²) < 4.78 is 5.07. The van der Waals surface area contributed by atoms with E-state index in [1.54, 1.807) is 18.2 Å². The molecule has 152 valence electrons. The van der Waals surface area contributed by atoms with E-state index in [1.807, 2.05) is 6.07 Å². The first-order chi connectivity index (χ1) is 14.1. The summed E-state index contributed by atoms with van der Waals surface area (Å²) >= 11 is 0. The number of aromatic nitrogens is 2. The molecule has 0 spiro atoms. The Morgan fingerprint density at radius 2 is 1.97 bits per heavy atom. The fourth-order valence-electron chi connectivity index (χ4n) is 6.18. The van der Waals surface area contributed by atoms with Gasteiger partial charge in [0.15, 0.2) is 17.2 Å². The molecule has 0 aliphatic heterocycles. The number of nitrogens with zero attached hydrogens (tertiary/aromatic N) is 2. The fraction of sp³-hybridized carbons (Fsp3) is 0.500. The molecule has 7 heteroatoms. The van der Waals surface area contributed by atoms with Gasteiger partial charge in [-0.1, -0.05) is 6.07 Å². The first-order valence-electron chi connectivity index (χ1n) is 10.3. The molecule has 2 aromatic rings. The standard InChI is InChI=1S/C22H26N4O3/c1-29-18-4-2-3-16(20(18)27)12-23-26-21(28)17-8-19(25-24-17)22-9-13-5-14(10-22)7-15(6-13)11-22/h2-4,8,12-15,27H,5-7,9-11H2,1H3,(H,24,25)(H,26,28)/b23-12-. The second-order valence-corrected chi connectivity index (χ2v) is 8.96. The lowest BCUT2D eigenvalue weighted by molar-refractivity contribution is -0.00721. The van der Waals surface area contributed by atoms with Gasteiger partial charge in [-0.3, -0.25) is 9.89 Å². The predicted molar refractivity (Wildman–Crippen MR) is 108 cm³/mol. The summed E-state index contributed by atoms with van der Waals surface area (Å²) in [6, 6.07) is 6.99. The lowest BCUT2D eigenvalue weighted by atomic mass is 9.49.